The predicted molar refractivity (Wildman–Crippen MR) is 49.6 cm³/mol. The lowest BCUT2D eigenvalue weighted by atomic mass is 10.1. The number of phenols is 1. The minimum atomic E-state index is -0.588. The summed E-state index contributed by atoms with van der Waals surface area (Å²) in [6.45, 7) is 1.85. The average molecular weight is 197 g/mol. The van der Waals surface area contributed by atoms with E-state index in [2.05, 4.69) is 5.32 Å². The lowest BCUT2D eigenvalue weighted by molar-refractivity contribution is 0.0759. The highest BCUT2D eigenvalue weighted by molar-refractivity contribution is 5.36. The molecule has 0 aromatic heterocycles. The number of nitrogens with one attached hydrogen (secondary N) is 1. The van der Waals surface area contributed by atoms with E-state index in [0.29, 0.717) is 18.8 Å². The van der Waals surface area contributed by atoms with Crippen LogP contribution in [-0.4, -0.2) is 24.9 Å². The number of halogens is 1. The third-order valence-electron chi connectivity index (χ3n) is 2.32. The molecule has 76 valence electrons. The van der Waals surface area contributed by atoms with Gasteiger partial charge in [0, 0.05) is 12.1 Å². The van der Waals surface area contributed by atoms with Gasteiger partial charge >= 0.3 is 0 Å². The van der Waals surface area contributed by atoms with Crippen LogP contribution in [0.25, 0.3) is 0 Å². The fourth-order valence-electron chi connectivity index (χ4n) is 1.58. The molecular formula is C10H12FNO2. The highest BCUT2D eigenvalue weighted by Crippen LogP contribution is 2.27. The van der Waals surface area contributed by atoms with Crippen LogP contribution < -0.4 is 5.32 Å². The molecule has 2 rings (SSSR count). The Hall–Kier alpha value is -1.13. The Kier molecular flexibility index (Phi) is 2.65. The molecule has 0 aliphatic carbocycles. The number of hydrogen-bond donors (Lipinski definition) is 2. The maximum absolute atomic E-state index is 13.0. The van der Waals surface area contributed by atoms with Gasteiger partial charge in [-0.2, -0.15) is 0 Å². The second-order valence-corrected chi connectivity index (χ2v) is 3.26. The van der Waals surface area contributed by atoms with Crippen molar-refractivity contribution in [2.24, 2.45) is 0 Å². The van der Waals surface area contributed by atoms with Crippen LogP contribution >= 0.6 is 0 Å². The Morgan fingerprint density at radius 1 is 1.50 bits per heavy atom. The lowest BCUT2D eigenvalue weighted by Gasteiger charge is -2.24. The summed E-state index contributed by atoms with van der Waals surface area (Å²) >= 11 is 0. The van der Waals surface area contributed by atoms with Gasteiger partial charge in [0.15, 0.2) is 11.6 Å². The molecule has 1 heterocycles. The first-order chi connectivity index (χ1) is 6.79. The van der Waals surface area contributed by atoms with E-state index in [4.69, 9.17) is 4.74 Å². The third kappa shape index (κ3) is 1.71. The van der Waals surface area contributed by atoms with Gasteiger partial charge in [0.25, 0.3) is 0 Å². The maximum atomic E-state index is 13.0. The Morgan fingerprint density at radius 3 is 3.07 bits per heavy atom. The van der Waals surface area contributed by atoms with Gasteiger partial charge in [0.2, 0.25) is 0 Å². The van der Waals surface area contributed by atoms with Crippen molar-refractivity contribution in [1.82, 2.24) is 5.32 Å². The number of benzene rings is 1. The van der Waals surface area contributed by atoms with Crippen molar-refractivity contribution in [2.75, 3.05) is 19.8 Å². The first-order valence-corrected chi connectivity index (χ1v) is 4.57. The normalized spacial score (nSPS) is 22.2. The smallest absolute Gasteiger partial charge is 0.165 e. The third-order valence-corrected chi connectivity index (χ3v) is 2.32. The van der Waals surface area contributed by atoms with Crippen molar-refractivity contribution < 1.29 is 14.2 Å². The van der Waals surface area contributed by atoms with Crippen LogP contribution in [0.15, 0.2) is 18.2 Å². The largest absolute Gasteiger partial charge is 0.505 e. The summed E-state index contributed by atoms with van der Waals surface area (Å²) in [5, 5.41) is 12.6. The Labute approximate surface area is 81.5 Å². The quantitative estimate of drug-likeness (QED) is 0.710. The average Bonchev–Trinajstić information content (AvgIpc) is 2.23. The summed E-state index contributed by atoms with van der Waals surface area (Å²) in [6, 6.07) is 4.41. The van der Waals surface area contributed by atoms with Gasteiger partial charge in [-0.25, -0.2) is 4.39 Å². The van der Waals surface area contributed by atoms with Gasteiger partial charge in [-0.3, -0.25) is 0 Å². The molecular weight excluding hydrogens is 185 g/mol. The van der Waals surface area contributed by atoms with E-state index in [9.17, 15) is 9.50 Å². The zero-order chi connectivity index (χ0) is 9.97. The van der Waals surface area contributed by atoms with E-state index in [1.165, 1.54) is 6.07 Å². The van der Waals surface area contributed by atoms with E-state index in [0.717, 1.165) is 6.54 Å². The van der Waals surface area contributed by atoms with E-state index >= 15 is 0 Å². The molecule has 0 spiro atoms. The Balaban J connectivity index is 2.26. The molecule has 1 aliphatic heterocycles. The summed E-state index contributed by atoms with van der Waals surface area (Å²) in [7, 11) is 0. The monoisotopic (exact) mass is 197 g/mol. The molecule has 3 nitrogen and oxygen atoms in total. The standard InChI is InChI=1S/C10H12FNO2/c11-8-3-1-2-7(10(8)13)9-6-14-5-4-12-9/h1-3,9,12-13H,4-6H2. The van der Waals surface area contributed by atoms with Gasteiger partial charge in [-0.15, -0.1) is 0 Å². The van der Waals surface area contributed by atoms with Crippen molar-refractivity contribution >= 4 is 0 Å². The van der Waals surface area contributed by atoms with Crippen LogP contribution in [0.1, 0.15) is 11.6 Å². The molecule has 1 saturated heterocycles. The van der Waals surface area contributed by atoms with Gasteiger partial charge in [-0.05, 0) is 6.07 Å². The Bertz CT molecular complexity index is 324. The zero-order valence-electron chi connectivity index (χ0n) is 7.66. The second kappa shape index (κ2) is 3.94. The molecule has 1 unspecified atom stereocenters. The first kappa shape index (κ1) is 9.43. The highest BCUT2D eigenvalue weighted by Gasteiger charge is 2.19. The topological polar surface area (TPSA) is 41.5 Å². The number of rotatable bonds is 1. The highest BCUT2D eigenvalue weighted by atomic mass is 19.1. The Morgan fingerprint density at radius 2 is 2.36 bits per heavy atom. The molecule has 1 atom stereocenters. The molecule has 1 aliphatic rings. The maximum Gasteiger partial charge on any atom is 0.165 e. The van der Waals surface area contributed by atoms with E-state index in [-0.39, 0.29) is 11.8 Å². The van der Waals surface area contributed by atoms with E-state index in [1.807, 2.05) is 0 Å². The van der Waals surface area contributed by atoms with Crippen LogP contribution in [0.4, 0.5) is 4.39 Å². The van der Waals surface area contributed by atoms with Crippen molar-refractivity contribution in [1.29, 1.82) is 0 Å². The van der Waals surface area contributed by atoms with E-state index in [1.54, 1.807) is 12.1 Å². The number of morpholine rings is 1. The van der Waals surface area contributed by atoms with Crippen LogP contribution in [0.2, 0.25) is 0 Å². The van der Waals surface area contributed by atoms with Crippen molar-refractivity contribution in [3.05, 3.63) is 29.6 Å². The van der Waals surface area contributed by atoms with Gasteiger partial charge in [-0.1, -0.05) is 12.1 Å². The van der Waals surface area contributed by atoms with Crippen molar-refractivity contribution in [3.8, 4) is 5.75 Å². The fourth-order valence-corrected chi connectivity index (χ4v) is 1.58. The summed E-state index contributed by atoms with van der Waals surface area (Å²) in [5.41, 5.74) is 0.560. The zero-order valence-corrected chi connectivity index (χ0v) is 7.66. The molecule has 0 amide bonds. The molecule has 0 saturated carbocycles. The summed E-state index contributed by atoms with van der Waals surface area (Å²) in [4.78, 5) is 0. The number of para-hydroxylation sites is 1. The number of hydrogen-bond acceptors (Lipinski definition) is 3. The van der Waals surface area contributed by atoms with Crippen LogP contribution in [0.3, 0.4) is 0 Å². The molecule has 1 aromatic rings. The van der Waals surface area contributed by atoms with Crippen molar-refractivity contribution in [3.63, 3.8) is 0 Å². The molecule has 1 fully saturated rings. The summed E-state index contributed by atoms with van der Waals surface area (Å²) < 4.78 is 18.3. The minimum Gasteiger partial charge on any atom is -0.505 e. The van der Waals surface area contributed by atoms with Crippen LogP contribution in [-0.2, 0) is 4.74 Å². The molecule has 4 heteroatoms. The number of phenolic OH excluding ortho intramolecular Hbond substituents is 1. The van der Waals surface area contributed by atoms with Gasteiger partial charge < -0.3 is 15.2 Å². The van der Waals surface area contributed by atoms with Crippen LogP contribution in [0.5, 0.6) is 5.75 Å². The molecule has 2 N–H and O–H groups in total. The number of ether oxygens (including phenoxy) is 1. The van der Waals surface area contributed by atoms with Crippen LogP contribution in [0, 0.1) is 5.82 Å². The minimum absolute atomic E-state index is 0.112. The summed E-state index contributed by atoms with van der Waals surface area (Å²) in [5.74, 6) is -0.870. The second-order valence-electron chi connectivity index (χ2n) is 3.26. The summed E-state index contributed by atoms with van der Waals surface area (Å²) in [6.07, 6.45) is 0. The van der Waals surface area contributed by atoms with Gasteiger partial charge in [0.1, 0.15) is 0 Å². The molecule has 0 bridgehead atoms. The molecule has 14 heavy (non-hydrogen) atoms. The molecule has 1 aromatic carbocycles. The van der Waals surface area contributed by atoms with Crippen molar-refractivity contribution in [2.45, 2.75) is 6.04 Å². The molecule has 0 radical (unpaired) electrons. The fraction of sp³-hybridized carbons (Fsp3) is 0.400. The lowest BCUT2D eigenvalue weighted by Crippen LogP contribution is -2.34. The number of aromatic hydroxyl groups is 1. The van der Waals surface area contributed by atoms with E-state index < -0.39 is 5.82 Å². The first-order valence-electron chi connectivity index (χ1n) is 4.57. The van der Waals surface area contributed by atoms with Gasteiger partial charge in [0.05, 0.1) is 19.3 Å². The SMILES string of the molecule is Oc1c(F)cccc1C1COCCN1. The predicted octanol–water partition coefficient (Wildman–Crippen LogP) is 1.19.